The van der Waals surface area contributed by atoms with Crippen molar-refractivity contribution in [3.8, 4) is 17.8 Å². The summed E-state index contributed by atoms with van der Waals surface area (Å²) in [5.74, 6) is 2.02. The van der Waals surface area contributed by atoms with Crippen LogP contribution in [0.15, 0.2) is 18.2 Å². The molecule has 0 radical (unpaired) electrons. The van der Waals surface area contributed by atoms with E-state index in [4.69, 9.17) is 4.74 Å². The van der Waals surface area contributed by atoms with E-state index in [1.807, 2.05) is 0 Å². The maximum Gasteiger partial charge on any atom is 0.262 e. The van der Waals surface area contributed by atoms with Crippen LogP contribution in [-0.2, 0) is 0 Å². The van der Waals surface area contributed by atoms with Gasteiger partial charge in [-0.25, -0.2) is 0 Å². The number of ether oxygens (including phenoxy) is 1. The Balaban J connectivity index is 2.53. The van der Waals surface area contributed by atoms with Crippen LogP contribution in [-0.4, -0.2) is 11.8 Å². The average molecular weight is 201 g/mol. The number of nitrogens with one attached hydrogen (secondary N) is 1. The smallest absolute Gasteiger partial charge is 0.262 e. The Morgan fingerprint density at radius 1 is 1.27 bits per heavy atom. The van der Waals surface area contributed by atoms with Crippen molar-refractivity contribution in [2.45, 2.75) is 6.92 Å². The Bertz CT molecular complexity index is 508. The third-order valence-corrected chi connectivity index (χ3v) is 1.99. The highest BCUT2D eigenvalue weighted by Gasteiger charge is 2.29. The molecule has 1 aliphatic rings. The normalized spacial score (nSPS) is 12.6. The number of carbonyl (C=O) groups excluding carboxylic acids is 2. The number of benzene rings is 1. The highest BCUT2D eigenvalue weighted by molar-refractivity contribution is 6.22. The molecule has 1 aromatic rings. The quantitative estimate of drug-likeness (QED) is 0.543. The molecular weight excluding hydrogens is 194 g/mol. The molecule has 0 aromatic heterocycles. The minimum absolute atomic E-state index is 0.255. The number of amides is 2. The highest BCUT2D eigenvalue weighted by Crippen LogP contribution is 2.25. The summed E-state index contributed by atoms with van der Waals surface area (Å²) in [5.41, 5.74) is 0.584. The molecule has 2 amide bonds. The molecule has 2 rings (SSSR count). The molecule has 15 heavy (non-hydrogen) atoms. The van der Waals surface area contributed by atoms with E-state index in [1.165, 1.54) is 0 Å². The van der Waals surface area contributed by atoms with Crippen LogP contribution in [0.3, 0.4) is 0 Å². The summed E-state index contributed by atoms with van der Waals surface area (Å²) in [5, 5.41) is 2.19. The van der Waals surface area contributed by atoms with Gasteiger partial charge in [-0.3, -0.25) is 14.9 Å². The first kappa shape index (κ1) is 9.28. The van der Waals surface area contributed by atoms with Crippen LogP contribution in [0.5, 0.6) is 5.75 Å². The number of carbonyl (C=O) groups is 2. The lowest BCUT2D eigenvalue weighted by molar-refractivity contribution is 0.0879. The van der Waals surface area contributed by atoms with Gasteiger partial charge in [0.15, 0.2) is 5.75 Å². The van der Waals surface area contributed by atoms with E-state index in [2.05, 4.69) is 17.3 Å². The van der Waals surface area contributed by atoms with Crippen molar-refractivity contribution in [2.24, 2.45) is 0 Å². The third-order valence-electron chi connectivity index (χ3n) is 1.99. The van der Waals surface area contributed by atoms with Crippen LogP contribution < -0.4 is 10.1 Å². The lowest BCUT2D eigenvalue weighted by atomic mass is 10.1. The van der Waals surface area contributed by atoms with Crippen molar-refractivity contribution in [3.05, 3.63) is 29.3 Å². The molecule has 0 atom stereocenters. The van der Waals surface area contributed by atoms with E-state index in [1.54, 1.807) is 25.1 Å². The van der Waals surface area contributed by atoms with Gasteiger partial charge in [0.2, 0.25) is 0 Å². The average Bonchev–Trinajstić information content (AvgIpc) is 2.53. The van der Waals surface area contributed by atoms with Crippen molar-refractivity contribution < 1.29 is 14.3 Å². The maximum atomic E-state index is 11.4. The number of hydrogen-bond donors (Lipinski definition) is 1. The lowest BCUT2D eigenvalue weighted by Gasteiger charge is -2.00. The van der Waals surface area contributed by atoms with E-state index >= 15 is 0 Å². The molecule has 1 aromatic carbocycles. The summed E-state index contributed by atoms with van der Waals surface area (Å²) in [7, 11) is 0. The zero-order valence-corrected chi connectivity index (χ0v) is 7.96. The molecule has 0 saturated carbocycles. The lowest BCUT2D eigenvalue weighted by Crippen LogP contribution is -2.20. The molecule has 0 unspecified atom stereocenters. The molecule has 0 bridgehead atoms. The second kappa shape index (κ2) is 3.46. The van der Waals surface area contributed by atoms with Crippen LogP contribution in [0.4, 0.5) is 0 Å². The van der Waals surface area contributed by atoms with Crippen LogP contribution in [0, 0.1) is 12.0 Å². The summed E-state index contributed by atoms with van der Waals surface area (Å²) in [6, 6.07) is 4.81. The van der Waals surface area contributed by atoms with E-state index in [0.29, 0.717) is 11.3 Å². The Kier molecular flexibility index (Phi) is 2.14. The van der Waals surface area contributed by atoms with Crippen molar-refractivity contribution in [1.29, 1.82) is 0 Å². The first-order chi connectivity index (χ1) is 7.24. The number of rotatable bonds is 1. The topological polar surface area (TPSA) is 55.4 Å². The SMILES string of the molecule is CC#COc1cccc2c1C(=O)NC2=O. The minimum Gasteiger partial charge on any atom is -0.407 e. The van der Waals surface area contributed by atoms with Crippen LogP contribution in [0.25, 0.3) is 0 Å². The summed E-state index contributed by atoms with van der Waals surface area (Å²) < 4.78 is 5.04. The summed E-state index contributed by atoms with van der Waals surface area (Å²) in [6.07, 6.45) is 2.39. The third kappa shape index (κ3) is 1.44. The Morgan fingerprint density at radius 2 is 2.07 bits per heavy atom. The van der Waals surface area contributed by atoms with Gasteiger partial charge in [0.25, 0.3) is 11.8 Å². The van der Waals surface area contributed by atoms with Crippen molar-refractivity contribution >= 4 is 11.8 Å². The summed E-state index contributed by atoms with van der Waals surface area (Å²) >= 11 is 0. The van der Waals surface area contributed by atoms with Gasteiger partial charge in [-0.1, -0.05) is 12.0 Å². The fourth-order valence-corrected chi connectivity index (χ4v) is 1.38. The molecule has 1 heterocycles. The largest absolute Gasteiger partial charge is 0.407 e. The number of fused-ring (bicyclic) bond motifs is 1. The second-order valence-corrected chi connectivity index (χ2v) is 2.92. The van der Waals surface area contributed by atoms with E-state index in [0.717, 1.165) is 0 Å². The van der Waals surface area contributed by atoms with Crippen molar-refractivity contribution in [1.82, 2.24) is 5.32 Å². The van der Waals surface area contributed by atoms with Gasteiger partial charge in [0, 0.05) is 6.92 Å². The molecule has 1 N–H and O–H groups in total. The van der Waals surface area contributed by atoms with Gasteiger partial charge < -0.3 is 4.74 Å². The fourth-order valence-electron chi connectivity index (χ4n) is 1.38. The first-order valence-corrected chi connectivity index (χ1v) is 4.31. The van der Waals surface area contributed by atoms with E-state index < -0.39 is 11.8 Å². The Hall–Kier alpha value is -2.28. The number of imide groups is 1. The molecule has 4 nitrogen and oxygen atoms in total. The number of hydrogen-bond acceptors (Lipinski definition) is 3. The van der Waals surface area contributed by atoms with Gasteiger partial charge >= 0.3 is 0 Å². The van der Waals surface area contributed by atoms with Crippen molar-refractivity contribution in [3.63, 3.8) is 0 Å². The van der Waals surface area contributed by atoms with Gasteiger partial charge in [-0.2, -0.15) is 0 Å². The Labute approximate surface area is 86.2 Å². The molecule has 74 valence electrons. The van der Waals surface area contributed by atoms with Gasteiger partial charge in [0.05, 0.1) is 11.1 Å². The van der Waals surface area contributed by atoms with Crippen molar-refractivity contribution in [2.75, 3.05) is 0 Å². The van der Waals surface area contributed by atoms with E-state index in [9.17, 15) is 9.59 Å². The van der Waals surface area contributed by atoms with Crippen LogP contribution >= 0.6 is 0 Å². The summed E-state index contributed by atoms with van der Waals surface area (Å²) in [6.45, 7) is 1.62. The first-order valence-electron chi connectivity index (χ1n) is 4.31. The molecule has 0 aliphatic carbocycles. The molecule has 0 spiro atoms. The van der Waals surface area contributed by atoms with Crippen LogP contribution in [0.1, 0.15) is 27.6 Å². The van der Waals surface area contributed by atoms with Gasteiger partial charge in [0.1, 0.15) is 6.11 Å². The van der Waals surface area contributed by atoms with Crippen LogP contribution in [0.2, 0.25) is 0 Å². The minimum atomic E-state index is -0.441. The zero-order valence-electron chi connectivity index (χ0n) is 7.96. The molecule has 1 aliphatic heterocycles. The highest BCUT2D eigenvalue weighted by atomic mass is 16.5. The molecule has 4 heteroatoms. The standard InChI is InChI=1S/C11H7NO3/c1-2-6-15-8-5-3-4-7-9(8)11(14)12-10(7)13/h3-5H,1H3,(H,12,13,14). The van der Waals surface area contributed by atoms with Gasteiger partial charge in [-0.05, 0) is 12.1 Å². The van der Waals surface area contributed by atoms with E-state index in [-0.39, 0.29) is 5.56 Å². The maximum absolute atomic E-state index is 11.4. The monoisotopic (exact) mass is 201 g/mol. The van der Waals surface area contributed by atoms with Gasteiger partial charge in [-0.15, -0.1) is 0 Å². The second-order valence-electron chi connectivity index (χ2n) is 2.92. The zero-order chi connectivity index (χ0) is 10.8. The predicted octanol–water partition coefficient (Wildman–Crippen LogP) is 0.930. The molecule has 0 saturated heterocycles. The Morgan fingerprint density at radius 3 is 2.80 bits per heavy atom. The fraction of sp³-hybridized carbons (Fsp3) is 0.0909. The molecule has 0 fully saturated rings. The summed E-state index contributed by atoms with van der Waals surface area (Å²) in [4.78, 5) is 22.7. The molecular formula is C11H7NO3. The predicted molar refractivity (Wildman–Crippen MR) is 52.3 cm³/mol.